The van der Waals surface area contributed by atoms with Gasteiger partial charge in [-0.1, -0.05) is 55.4 Å². The summed E-state index contributed by atoms with van der Waals surface area (Å²) in [5.74, 6) is 4.28. The molecule has 0 aromatic heterocycles. The number of hydrogen-bond donors (Lipinski definition) is 1. The van der Waals surface area contributed by atoms with Crippen molar-refractivity contribution in [3.05, 3.63) is 0 Å². The number of nitrogens with zero attached hydrogens (tertiary/aromatic N) is 2. The molecule has 0 aromatic rings. The molecule has 0 atom stereocenters. The van der Waals surface area contributed by atoms with Gasteiger partial charge in [-0.2, -0.15) is 0 Å². The monoisotopic (exact) mass is 395 g/mol. The van der Waals surface area contributed by atoms with Gasteiger partial charge in [-0.05, 0) is 75.0 Å². The van der Waals surface area contributed by atoms with Gasteiger partial charge in [-0.25, -0.2) is 0 Å². The Hall–Kier alpha value is -0.730. The van der Waals surface area contributed by atoms with Gasteiger partial charge >= 0.3 is 0 Å². The Balaban J connectivity index is 4.90. The van der Waals surface area contributed by atoms with E-state index in [-0.39, 0.29) is 0 Å². The van der Waals surface area contributed by atoms with E-state index in [1.807, 2.05) is 0 Å². The van der Waals surface area contributed by atoms with Gasteiger partial charge in [0.15, 0.2) is 5.96 Å². The SMILES string of the molecule is CC(C)CCCN=C(NCCCC(C)C)N(CCCC(C)C)CCCC(C)C. The summed E-state index contributed by atoms with van der Waals surface area (Å²) in [6.07, 6.45) is 10.1. The molecule has 0 radical (unpaired) electrons. The summed E-state index contributed by atoms with van der Waals surface area (Å²) >= 11 is 0. The molecule has 3 heteroatoms. The zero-order valence-electron chi connectivity index (χ0n) is 20.7. The number of rotatable bonds is 16. The van der Waals surface area contributed by atoms with Crippen LogP contribution in [0.5, 0.6) is 0 Å². The van der Waals surface area contributed by atoms with Gasteiger partial charge in [0.05, 0.1) is 0 Å². The van der Waals surface area contributed by atoms with Crippen molar-refractivity contribution in [3.63, 3.8) is 0 Å². The number of aliphatic imine (C=N–C) groups is 1. The molecule has 0 amide bonds. The average molecular weight is 396 g/mol. The van der Waals surface area contributed by atoms with Crippen LogP contribution in [0.1, 0.15) is 107 Å². The highest BCUT2D eigenvalue weighted by Gasteiger charge is 2.12. The molecule has 0 aliphatic carbocycles. The molecule has 28 heavy (non-hydrogen) atoms. The highest BCUT2D eigenvalue weighted by atomic mass is 15.3. The van der Waals surface area contributed by atoms with Crippen LogP contribution in [0.4, 0.5) is 0 Å². The Morgan fingerprint density at radius 2 is 1.07 bits per heavy atom. The van der Waals surface area contributed by atoms with E-state index in [4.69, 9.17) is 4.99 Å². The van der Waals surface area contributed by atoms with E-state index in [9.17, 15) is 0 Å². The summed E-state index contributed by atoms with van der Waals surface area (Å²) in [6.45, 7) is 22.8. The number of guanidine groups is 1. The second-order valence-corrected chi connectivity index (χ2v) is 10.3. The Morgan fingerprint density at radius 3 is 1.54 bits per heavy atom. The number of hydrogen-bond acceptors (Lipinski definition) is 1. The van der Waals surface area contributed by atoms with Crippen LogP contribution in [0, 0.1) is 23.7 Å². The topological polar surface area (TPSA) is 27.6 Å². The lowest BCUT2D eigenvalue weighted by Gasteiger charge is -2.28. The Morgan fingerprint density at radius 1 is 0.643 bits per heavy atom. The third kappa shape index (κ3) is 17.4. The summed E-state index contributed by atoms with van der Waals surface area (Å²) in [5, 5.41) is 3.72. The van der Waals surface area contributed by atoms with E-state index in [1.165, 1.54) is 57.3 Å². The molecule has 0 saturated heterocycles. The molecule has 0 aliphatic rings. The predicted molar refractivity (Wildman–Crippen MR) is 128 cm³/mol. The van der Waals surface area contributed by atoms with E-state index >= 15 is 0 Å². The second kappa shape index (κ2) is 17.2. The van der Waals surface area contributed by atoms with Gasteiger partial charge in [0.2, 0.25) is 0 Å². The quantitative estimate of drug-likeness (QED) is 0.173. The molecule has 0 aliphatic heterocycles. The first-order valence-corrected chi connectivity index (χ1v) is 12.3. The van der Waals surface area contributed by atoms with Crippen molar-refractivity contribution >= 4 is 5.96 Å². The highest BCUT2D eigenvalue weighted by molar-refractivity contribution is 5.80. The summed E-state index contributed by atoms with van der Waals surface area (Å²) in [6, 6.07) is 0. The van der Waals surface area contributed by atoms with E-state index in [0.29, 0.717) is 0 Å². The van der Waals surface area contributed by atoms with Gasteiger partial charge in [0.1, 0.15) is 0 Å². The van der Waals surface area contributed by atoms with Gasteiger partial charge in [0, 0.05) is 26.2 Å². The average Bonchev–Trinajstić information content (AvgIpc) is 2.58. The fraction of sp³-hybridized carbons (Fsp3) is 0.960. The molecule has 0 bridgehead atoms. The largest absolute Gasteiger partial charge is 0.356 e. The minimum Gasteiger partial charge on any atom is -0.356 e. The fourth-order valence-electron chi connectivity index (χ4n) is 3.37. The molecule has 0 spiro atoms. The molecule has 0 unspecified atom stereocenters. The van der Waals surface area contributed by atoms with Gasteiger partial charge in [-0.3, -0.25) is 4.99 Å². The zero-order chi connectivity index (χ0) is 21.4. The second-order valence-electron chi connectivity index (χ2n) is 10.3. The van der Waals surface area contributed by atoms with Crippen LogP contribution in [-0.4, -0.2) is 37.0 Å². The third-order valence-electron chi connectivity index (χ3n) is 5.16. The van der Waals surface area contributed by atoms with E-state index in [1.54, 1.807) is 0 Å². The standard InChI is InChI=1S/C25H53N3/c1-21(2)13-9-17-26-25(27-18-10-14-22(3)4)28(19-11-15-23(5)6)20-12-16-24(7)8/h21-24H,9-20H2,1-8H3,(H,26,27). The smallest absolute Gasteiger partial charge is 0.193 e. The van der Waals surface area contributed by atoms with Crippen LogP contribution in [0.3, 0.4) is 0 Å². The van der Waals surface area contributed by atoms with E-state index in [0.717, 1.165) is 49.9 Å². The molecule has 0 rings (SSSR count). The van der Waals surface area contributed by atoms with Crippen LogP contribution in [0.25, 0.3) is 0 Å². The molecule has 168 valence electrons. The lowest BCUT2D eigenvalue weighted by atomic mass is 10.1. The zero-order valence-corrected chi connectivity index (χ0v) is 20.7. The third-order valence-corrected chi connectivity index (χ3v) is 5.16. The first kappa shape index (κ1) is 27.3. The maximum Gasteiger partial charge on any atom is 0.193 e. The summed E-state index contributed by atoms with van der Waals surface area (Å²) < 4.78 is 0. The van der Waals surface area contributed by atoms with Crippen molar-refractivity contribution in [1.82, 2.24) is 10.2 Å². The molecule has 3 nitrogen and oxygen atoms in total. The first-order valence-electron chi connectivity index (χ1n) is 12.3. The first-order chi connectivity index (χ1) is 13.2. The van der Waals surface area contributed by atoms with Crippen LogP contribution in [0.15, 0.2) is 4.99 Å². The van der Waals surface area contributed by atoms with Crippen molar-refractivity contribution in [2.45, 2.75) is 107 Å². The van der Waals surface area contributed by atoms with E-state index in [2.05, 4.69) is 65.6 Å². The molecule has 0 fully saturated rings. The van der Waals surface area contributed by atoms with Gasteiger partial charge in [0.25, 0.3) is 0 Å². The maximum absolute atomic E-state index is 5.04. The fourth-order valence-corrected chi connectivity index (χ4v) is 3.37. The van der Waals surface area contributed by atoms with Crippen LogP contribution in [-0.2, 0) is 0 Å². The van der Waals surface area contributed by atoms with E-state index < -0.39 is 0 Å². The van der Waals surface area contributed by atoms with Crippen LogP contribution >= 0.6 is 0 Å². The summed E-state index contributed by atoms with van der Waals surface area (Å²) in [4.78, 5) is 7.59. The van der Waals surface area contributed by atoms with Crippen molar-refractivity contribution in [2.24, 2.45) is 28.7 Å². The van der Waals surface area contributed by atoms with Crippen LogP contribution in [0.2, 0.25) is 0 Å². The Bertz CT molecular complexity index is 358. The predicted octanol–water partition coefficient (Wildman–Crippen LogP) is 6.98. The number of nitrogens with one attached hydrogen (secondary N) is 1. The molecule has 0 aromatic carbocycles. The van der Waals surface area contributed by atoms with Crippen molar-refractivity contribution in [1.29, 1.82) is 0 Å². The minimum absolute atomic E-state index is 0.769. The van der Waals surface area contributed by atoms with Gasteiger partial charge in [-0.15, -0.1) is 0 Å². The normalized spacial score (nSPS) is 12.6. The highest BCUT2D eigenvalue weighted by Crippen LogP contribution is 2.10. The summed E-state index contributed by atoms with van der Waals surface area (Å²) in [7, 11) is 0. The Labute approximate surface area is 178 Å². The lowest BCUT2D eigenvalue weighted by Crippen LogP contribution is -2.43. The maximum atomic E-state index is 5.04. The van der Waals surface area contributed by atoms with Crippen LogP contribution < -0.4 is 5.32 Å². The van der Waals surface area contributed by atoms with Crippen molar-refractivity contribution in [3.8, 4) is 0 Å². The molecule has 0 saturated carbocycles. The molecular formula is C25H53N3. The van der Waals surface area contributed by atoms with Crippen molar-refractivity contribution < 1.29 is 0 Å². The molecule has 1 N–H and O–H groups in total. The minimum atomic E-state index is 0.769. The van der Waals surface area contributed by atoms with Gasteiger partial charge < -0.3 is 10.2 Å². The lowest BCUT2D eigenvalue weighted by molar-refractivity contribution is 0.355. The summed E-state index contributed by atoms with van der Waals surface area (Å²) in [5.41, 5.74) is 0. The molecule has 0 heterocycles. The Kier molecular flexibility index (Phi) is 16.7. The van der Waals surface area contributed by atoms with Crippen molar-refractivity contribution in [2.75, 3.05) is 26.2 Å². The molecular weight excluding hydrogens is 342 g/mol.